The van der Waals surface area contributed by atoms with E-state index in [0.29, 0.717) is 6.54 Å². The predicted octanol–water partition coefficient (Wildman–Crippen LogP) is 4.93. The largest absolute Gasteiger partial charge is 0.481 e. The number of allylic oxidation sites excluding steroid dienone is 1. The second kappa shape index (κ2) is 11.2. The molecule has 1 aromatic heterocycles. The van der Waals surface area contributed by atoms with Crippen molar-refractivity contribution < 1.29 is 24.5 Å². The minimum atomic E-state index is -1.13. The van der Waals surface area contributed by atoms with Gasteiger partial charge in [0.05, 0.1) is 30.0 Å². The van der Waals surface area contributed by atoms with Gasteiger partial charge in [0.1, 0.15) is 11.6 Å². The minimum Gasteiger partial charge on any atom is -0.481 e. The summed E-state index contributed by atoms with van der Waals surface area (Å²) in [5.74, 6) is -0.482. The number of nitrogens with zero attached hydrogens (tertiary/aromatic N) is 2. The number of hydrogen-bond acceptors (Lipinski definition) is 4. The molecule has 0 saturated heterocycles. The molecule has 0 amide bonds. The maximum Gasteiger partial charge on any atom is 0.305 e. The van der Waals surface area contributed by atoms with Gasteiger partial charge in [0.2, 0.25) is 0 Å². The van der Waals surface area contributed by atoms with Crippen LogP contribution >= 0.6 is 0 Å². The summed E-state index contributed by atoms with van der Waals surface area (Å²) >= 11 is 0. The van der Waals surface area contributed by atoms with E-state index in [2.05, 4.69) is 0 Å². The smallest absolute Gasteiger partial charge is 0.305 e. The van der Waals surface area contributed by atoms with Gasteiger partial charge < -0.3 is 19.9 Å². The molecule has 2 atom stereocenters. The van der Waals surface area contributed by atoms with Crippen LogP contribution in [0, 0.1) is 12.7 Å². The Morgan fingerprint density at radius 1 is 1.06 bits per heavy atom. The van der Waals surface area contributed by atoms with E-state index in [1.807, 2.05) is 49.6 Å². The van der Waals surface area contributed by atoms with Crippen molar-refractivity contribution in [2.45, 2.75) is 58.3 Å². The van der Waals surface area contributed by atoms with Crippen LogP contribution < -0.4 is 0 Å². The van der Waals surface area contributed by atoms with E-state index < -0.39 is 24.6 Å². The molecule has 0 radical (unpaired) electrons. The lowest BCUT2D eigenvalue weighted by Gasteiger charge is -2.14. The monoisotopic (exact) mass is 466 g/mol. The number of imidazole rings is 1. The molecule has 3 rings (SSSR count). The van der Waals surface area contributed by atoms with Crippen LogP contribution in [0.5, 0.6) is 0 Å². The highest BCUT2D eigenvalue weighted by Gasteiger charge is 2.21. The zero-order valence-electron chi connectivity index (χ0n) is 19.6. The van der Waals surface area contributed by atoms with Crippen LogP contribution in [0.25, 0.3) is 22.5 Å². The van der Waals surface area contributed by atoms with Gasteiger partial charge in [-0.25, -0.2) is 9.37 Å². The van der Waals surface area contributed by atoms with Crippen LogP contribution in [0.15, 0.2) is 60.7 Å². The quantitative estimate of drug-likeness (QED) is 0.368. The zero-order valence-corrected chi connectivity index (χ0v) is 19.6. The first-order valence-corrected chi connectivity index (χ1v) is 11.3. The van der Waals surface area contributed by atoms with Crippen molar-refractivity contribution in [3.8, 4) is 22.5 Å². The fourth-order valence-electron chi connectivity index (χ4n) is 3.87. The van der Waals surface area contributed by atoms with E-state index in [-0.39, 0.29) is 18.2 Å². The molecule has 2 aromatic carbocycles. The Bertz CT molecular complexity index is 1130. The summed E-state index contributed by atoms with van der Waals surface area (Å²) in [4.78, 5) is 15.7. The summed E-state index contributed by atoms with van der Waals surface area (Å²) in [5, 5.41) is 28.8. The molecular weight excluding hydrogens is 435 g/mol. The molecule has 0 fully saturated rings. The van der Waals surface area contributed by atoms with Gasteiger partial charge in [0, 0.05) is 30.0 Å². The van der Waals surface area contributed by atoms with E-state index in [4.69, 9.17) is 10.1 Å². The lowest BCUT2D eigenvalue weighted by Crippen LogP contribution is -2.19. The molecule has 3 aromatic rings. The molecule has 0 bridgehead atoms. The van der Waals surface area contributed by atoms with Crippen molar-refractivity contribution in [2.75, 3.05) is 0 Å². The van der Waals surface area contributed by atoms with Gasteiger partial charge in [-0.1, -0.05) is 55.8 Å². The maximum absolute atomic E-state index is 13.7. The van der Waals surface area contributed by atoms with Crippen LogP contribution in [0.4, 0.5) is 4.39 Å². The Morgan fingerprint density at radius 3 is 2.26 bits per heavy atom. The van der Waals surface area contributed by atoms with Gasteiger partial charge in [-0.3, -0.25) is 4.79 Å². The van der Waals surface area contributed by atoms with Crippen molar-refractivity contribution in [1.29, 1.82) is 0 Å². The third-order valence-corrected chi connectivity index (χ3v) is 5.53. The van der Waals surface area contributed by atoms with E-state index in [0.717, 1.165) is 33.9 Å². The van der Waals surface area contributed by atoms with E-state index >= 15 is 0 Å². The molecule has 1 heterocycles. The van der Waals surface area contributed by atoms with Crippen LogP contribution in [-0.2, 0) is 11.3 Å². The van der Waals surface area contributed by atoms with E-state index in [9.17, 15) is 19.4 Å². The number of aliphatic hydroxyl groups is 2. The molecule has 34 heavy (non-hydrogen) atoms. The molecule has 7 heteroatoms. The number of aromatic nitrogens is 2. The van der Waals surface area contributed by atoms with Crippen molar-refractivity contribution in [3.63, 3.8) is 0 Å². The molecule has 0 aliphatic heterocycles. The number of aliphatic carboxylic acids is 1. The number of benzene rings is 2. The highest BCUT2D eigenvalue weighted by atomic mass is 19.1. The first-order chi connectivity index (χ1) is 16.2. The summed E-state index contributed by atoms with van der Waals surface area (Å²) in [5.41, 5.74) is 4.55. The average molecular weight is 467 g/mol. The van der Waals surface area contributed by atoms with Crippen molar-refractivity contribution in [1.82, 2.24) is 9.55 Å². The number of halogens is 1. The fraction of sp³-hybridized carbons (Fsp3) is 0.333. The molecule has 3 N–H and O–H groups in total. The Hall–Kier alpha value is -3.29. The molecule has 0 aliphatic carbocycles. The van der Waals surface area contributed by atoms with Gasteiger partial charge >= 0.3 is 5.97 Å². The lowest BCUT2D eigenvalue weighted by molar-refractivity contribution is -0.139. The van der Waals surface area contributed by atoms with Crippen LogP contribution in [0.3, 0.4) is 0 Å². The molecular formula is C27H31FN2O4. The summed E-state index contributed by atoms with van der Waals surface area (Å²) in [7, 11) is 0. The molecule has 180 valence electrons. The van der Waals surface area contributed by atoms with Crippen LogP contribution in [-0.4, -0.2) is 43.0 Å². The van der Waals surface area contributed by atoms with Gasteiger partial charge in [0.15, 0.2) is 0 Å². The second-order valence-corrected chi connectivity index (χ2v) is 8.79. The van der Waals surface area contributed by atoms with Crippen molar-refractivity contribution in [2.24, 2.45) is 0 Å². The first-order valence-electron chi connectivity index (χ1n) is 11.3. The molecule has 0 spiro atoms. The number of carboxylic acids is 1. The normalized spacial score (nSPS) is 13.5. The zero-order chi connectivity index (χ0) is 24.8. The third-order valence-electron chi connectivity index (χ3n) is 5.53. The number of carbonyl (C=O) groups is 1. The lowest BCUT2D eigenvalue weighted by atomic mass is 10.0. The van der Waals surface area contributed by atoms with E-state index in [1.54, 1.807) is 24.3 Å². The molecule has 0 aliphatic rings. The Labute approximate surface area is 199 Å². The summed E-state index contributed by atoms with van der Waals surface area (Å²) in [6.07, 6.45) is 0.736. The van der Waals surface area contributed by atoms with Crippen LogP contribution in [0.2, 0.25) is 0 Å². The SMILES string of the molecule is Cc1ccc(-c2nc(C(C)C)n(C/C=C/C(O)CC(O)CC(=O)O)c2-c2ccc(F)cc2)cc1. The number of rotatable bonds is 10. The van der Waals surface area contributed by atoms with Crippen LogP contribution in [0.1, 0.15) is 44.0 Å². The van der Waals surface area contributed by atoms with Gasteiger partial charge in [0.25, 0.3) is 0 Å². The minimum absolute atomic E-state index is 0.0663. The van der Waals surface area contributed by atoms with E-state index in [1.165, 1.54) is 12.1 Å². The number of carboxylic acid groups (broad SMARTS) is 1. The highest BCUT2D eigenvalue weighted by molar-refractivity contribution is 5.79. The van der Waals surface area contributed by atoms with Crippen molar-refractivity contribution in [3.05, 3.63) is 77.9 Å². The standard InChI is InChI=1S/C27H31FN2O4/c1-17(2)27-29-25(19-8-6-18(3)7-9-19)26(20-10-12-21(28)13-11-20)30(27)14-4-5-22(31)15-23(32)16-24(33)34/h4-13,17,22-23,31-32H,14-16H2,1-3H3,(H,33,34)/b5-4+. The van der Waals surface area contributed by atoms with Crippen molar-refractivity contribution >= 4 is 5.97 Å². The fourth-order valence-corrected chi connectivity index (χ4v) is 3.87. The van der Waals surface area contributed by atoms with Gasteiger partial charge in [-0.15, -0.1) is 0 Å². The average Bonchev–Trinajstić information content (AvgIpc) is 3.14. The summed E-state index contributed by atoms with van der Waals surface area (Å²) < 4.78 is 15.7. The number of aryl methyl sites for hydroxylation is 1. The maximum atomic E-state index is 13.7. The molecule has 6 nitrogen and oxygen atoms in total. The Balaban J connectivity index is 2.00. The molecule has 0 saturated carbocycles. The first kappa shape index (κ1) is 25.3. The van der Waals surface area contributed by atoms with Gasteiger partial charge in [-0.2, -0.15) is 0 Å². The number of aliphatic hydroxyl groups excluding tert-OH is 2. The predicted molar refractivity (Wildman–Crippen MR) is 130 cm³/mol. The number of hydrogen-bond donors (Lipinski definition) is 3. The summed E-state index contributed by atoms with van der Waals surface area (Å²) in [6, 6.07) is 14.4. The molecule has 2 unspecified atom stereocenters. The second-order valence-electron chi connectivity index (χ2n) is 8.79. The van der Waals surface area contributed by atoms with Gasteiger partial charge in [-0.05, 0) is 31.2 Å². The highest BCUT2D eigenvalue weighted by Crippen LogP contribution is 2.35. The summed E-state index contributed by atoms with van der Waals surface area (Å²) in [6.45, 7) is 6.51. The third kappa shape index (κ3) is 6.40. The Morgan fingerprint density at radius 2 is 1.68 bits per heavy atom. The topological polar surface area (TPSA) is 95.6 Å². The Kier molecular flexibility index (Phi) is 8.36.